The minimum Gasteiger partial charge on any atom is -0.509 e. The summed E-state index contributed by atoms with van der Waals surface area (Å²) in [6.07, 6.45) is 1.42. The third kappa shape index (κ3) is 7.96. The van der Waals surface area contributed by atoms with Crippen molar-refractivity contribution in [3.05, 3.63) is 199 Å². The second kappa shape index (κ2) is 16.4. The number of aryl methyl sites for hydroxylation is 1. The van der Waals surface area contributed by atoms with E-state index in [1.165, 1.54) is 17.3 Å². The van der Waals surface area contributed by atoms with E-state index in [2.05, 4.69) is 82.8 Å². The Labute approximate surface area is 397 Å². The van der Waals surface area contributed by atoms with Crippen LogP contribution in [0.1, 0.15) is 69.2 Å². The largest absolute Gasteiger partial charge is 0.509 e. The predicted octanol–water partition coefficient (Wildman–Crippen LogP) is 15.2. The van der Waals surface area contributed by atoms with E-state index < -0.39 is 25.0 Å². The summed E-state index contributed by atoms with van der Waals surface area (Å²) in [7, 11) is 0. The Bertz CT molecular complexity index is 3480. The molecular weight excluding hydrogens is 952 g/mol. The first-order valence-electron chi connectivity index (χ1n) is 24.7. The van der Waals surface area contributed by atoms with Gasteiger partial charge < -0.3 is 19.1 Å². The molecule has 10 rings (SSSR count). The number of aromatic nitrogens is 2. The van der Waals surface area contributed by atoms with E-state index >= 15 is 0 Å². The molecule has 3 heterocycles. The van der Waals surface area contributed by atoms with Crippen LogP contribution in [0.25, 0.3) is 49.9 Å². The number of anilines is 4. The van der Waals surface area contributed by atoms with Crippen LogP contribution in [0.5, 0.6) is 11.5 Å². The van der Waals surface area contributed by atoms with Gasteiger partial charge >= 0.3 is 0 Å². The van der Waals surface area contributed by atoms with Gasteiger partial charge in [0.25, 0.3) is 0 Å². The normalized spacial score (nSPS) is 14.8. The summed E-state index contributed by atoms with van der Waals surface area (Å²) in [5.41, 5.74) is 8.56. The SMILES string of the molecule is [2H]c1c([2H])c([2H])c(-c2cc(Oc3[c-]c4c(cc3)c3ccccc3n4-c3cc(-c4ccccc4)c(C([2H])([2H])[2H])cn3)[c-]c(N3[CH-]N(c4cc(C(C)(C)C)cc(C(C)(C)C)c4)c4ccccc43)c2)c([2H])c1[2H].[Pt]. The number of nitrogens with zero attached hydrogens (tertiary/aromatic N) is 4. The van der Waals surface area contributed by atoms with Gasteiger partial charge in [0.05, 0.1) is 6.85 Å². The Hall–Kier alpha value is -6.42. The van der Waals surface area contributed by atoms with Crippen LogP contribution in [0.3, 0.4) is 0 Å². The number of rotatable bonds is 7. The molecule has 0 unspecified atom stereocenters. The van der Waals surface area contributed by atoms with Crippen LogP contribution in [0, 0.1) is 25.7 Å². The third-order valence-corrected chi connectivity index (χ3v) is 11.4. The standard InChI is InChI=1S/C57H49N4O.Pt/c1-38-36-58-55(35-50(38)40-20-12-9-13-21-40)61-51-23-15-14-22-48(51)49-27-26-46(34-54(49)61)62-47-29-41(39-18-10-8-11-19-39)28-44(33-47)59-37-60(53-25-17-16-24-52(53)59)45-31-42(56(2,3)4)30-43(32-45)57(5,6)7;/h8-32,35-37H,1-7H3;/q-3;/i1D3,8D,10D,11D,18D,19D;. The Morgan fingerprint density at radius 3 is 2.03 bits per heavy atom. The molecule has 9 aromatic rings. The van der Waals surface area contributed by atoms with Gasteiger partial charge in [0.2, 0.25) is 0 Å². The van der Waals surface area contributed by atoms with Gasteiger partial charge in [-0.3, -0.25) is 0 Å². The predicted molar refractivity (Wildman–Crippen MR) is 257 cm³/mol. The van der Waals surface area contributed by atoms with Gasteiger partial charge in [0, 0.05) is 65.5 Å². The number of benzene rings is 7. The van der Waals surface area contributed by atoms with Crippen molar-refractivity contribution in [1.82, 2.24) is 9.55 Å². The molecule has 2 aromatic heterocycles. The molecule has 0 saturated carbocycles. The van der Waals surface area contributed by atoms with Crippen molar-refractivity contribution in [3.8, 4) is 39.6 Å². The van der Waals surface area contributed by atoms with E-state index in [1.807, 2.05) is 95.0 Å². The molecule has 7 aromatic carbocycles. The summed E-state index contributed by atoms with van der Waals surface area (Å²) in [6.45, 7) is 12.8. The number of para-hydroxylation sites is 3. The molecule has 0 N–H and O–H groups in total. The summed E-state index contributed by atoms with van der Waals surface area (Å²) < 4.78 is 77.3. The molecule has 5 nitrogen and oxygen atoms in total. The Kier molecular flexibility index (Phi) is 8.62. The van der Waals surface area contributed by atoms with E-state index in [1.54, 1.807) is 24.3 Å². The van der Waals surface area contributed by atoms with E-state index in [4.69, 9.17) is 20.7 Å². The fourth-order valence-electron chi connectivity index (χ4n) is 8.09. The average Bonchev–Trinajstić information content (AvgIpc) is 3.88. The summed E-state index contributed by atoms with van der Waals surface area (Å²) >= 11 is 0. The van der Waals surface area contributed by atoms with Crippen LogP contribution < -0.4 is 14.5 Å². The third-order valence-electron chi connectivity index (χ3n) is 11.4. The fourth-order valence-corrected chi connectivity index (χ4v) is 8.09. The maximum atomic E-state index is 9.01. The molecule has 1 aliphatic rings. The van der Waals surface area contributed by atoms with Crippen molar-refractivity contribution in [1.29, 1.82) is 0 Å². The molecule has 63 heavy (non-hydrogen) atoms. The number of ether oxygens (including phenoxy) is 1. The Balaban J connectivity index is 0.00000624. The molecule has 6 heteroatoms. The van der Waals surface area contributed by atoms with Gasteiger partial charge in [0.15, 0.2) is 0 Å². The van der Waals surface area contributed by atoms with Gasteiger partial charge in [0.1, 0.15) is 5.82 Å². The molecule has 0 amide bonds. The first-order chi connectivity index (χ1) is 33.2. The van der Waals surface area contributed by atoms with E-state index in [0.717, 1.165) is 38.9 Å². The van der Waals surface area contributed by atoms with Gasteiger partial charge in [-0.25, -0.2) is 4.98 Å². The molecule has 1 aliphatic heterocycles. The quantitative estimate of drug-likeness (QED) is 0.149. The van der Waals surface area contributed by atoms with Crippen molar-refractivity contribution < 1.29 is 36.8 Å². The monoisotopic (exact) mass is 1010 g/mol. The van der Waals surface area contributed by atoms with Gasteiger partial charge in [-0.05, 0) is 92.8 Å². The van der Waals surface area contributed by atoms with Crippen molar-refractivity contribution >= 4 is 44.6 Å². The molecule has 0 fully saturated rings. The Morgan fingerprint density at radius 1 is 0.635 bits per heavy atom. The number of hydrogen-bond acceptors (Lipinski definition) is 4. The molecule has 0 spiro atoms. The molecule has 316 valence electrons. The van der Waals surface area contributed by atoms with E-state index in [-0.39, 0.29) is 60.9 Å². The fraction of sp³-hybridized carbons (Fsp3) is 0.158. The van der Waals surface area contributed by atoms with Crippen LogP contribution in [-0.4, -0.2) is 9.55 Å². The zero-order valence-corrected chi connectivity index (χ0v) is 38.1. The van der Waals surface area contributed by atoms with Gasteiger partial charge in [-0.15, -0.1) is 53.6 Å². The number of pyridine rings is 1. The van der Waals surface area contributed by atoms with E-state index in [9.17, 15) is 0 Å². The minimum atomic E-state index is -2.41. The first-order valence-corrected chi connectivity index (χ1v) is 20.7. The van der Waals surface area contributed by atoms with Crippen LogP contribution in [0.2, 0.25) is 0 Å². The average molecular weight is 1010 g/mol. The Morgan fingerprint density at radius 2 is 1.32 bits per heavy atom. The number of hydrogen-bond donors (Lipinski definition) is 0. The second-order valence-electron chi connectivity index (χ2n) is 17.7. The van der Waals surface area contributed by atoms with Crippen LogP contribution in [0.4, 0.5) is 22.7 Å². The number of fused-ring (bicyclic) bond motifs is 4. The molecule has 0 radical (unpaired) electrons. The molecule has 0 atom stereocenters. The topological polar surface area (TPSA) is 33.5 Å². The van der Waals surface area contributed by atoms with Crippen LogP contribution in [0.15, 0.2) is 164 Å². The first kappa shape index (κ1) is 33.2. The van der Waals surface area contributed by atoms with Gasteiger partial charge in [-0.1, -0.05) is 144 Å². The summed E-state index contributed by atoms with van der Waals surface area (Å²) in [4.78, 5) is 8.87. The molecule has 0 saturated heterocycles. The van der Waals surface area contributed by atoms with Crippen molar-refractivity contribution in [2.45, 2.75) is 59.2 Å². The van der Waals surface area contributed by atoms with Crippen molar-refractivity contribution in [2.24, 2.45) is 0 Å². The second-order valence-corrected chi connectivity index (χ2v) is 17.7. The summed E-state index contributed by atoms with van der Waals surface area (Å²) in [5, 5.41) is 1.78. The van der Waals surface area contributed by atoms with E-state index in [0.29, 0.717) is 33.9 Å². The van der Waals surface area contributed by atoms with Crippen molar-refractivity contribution in [3.63, 3.8) is 0 Å². The zero-order valence-electron chi connectivity index (χ0n) is 43.8. The van der Waals surface area contributed by atoms with Crippen molar-refractivity contribution in [2.75, 3.05) is 9.80 Å². The van der Waals surface area contributed by atoms with Crippen LogP contribution in [-0.2, 0) is 31.9 Å². The van der Waals surface area contributed by atoms with Crippen LogP contribution >= 0.6 is 0 Å². The molecule has 0 aliphatic carbocycles. The maximum Gasteiger partial charge on any atom is 0.136 e. The summed E-state index contributed by atoms with van der Waals surface area (Å²) in [6, 6.07) is 45.8. The molecule has 0 bridgehead atoms. The maximum absolute atomic E-state index is 9.01. The minimum absolute atomic E-state index is 0. The van der Waals surface area contributed by atoms with Gasteiger partial charge in [-0.2, -0.15) is 6.07 Å². The molecular formula is C57H49N4OPt-3. The smallest absolute Gasteiger partial charge is 0.136 e. The summed E-state index contributed by atoms with van der Waals surface area (Å²) in [5.74, 6) is 0.998. The zero-order chi connectivity index (χ0) is 49.6.